The van der Waals surface area contributed by atoms with Crippen molar-refractivity contribution < 1.29 is 133 Å². The molecule has 0 aliphatic heterocycles. The van der Waals surface area contributed by atoms with E-state index >= 15 is 0 Å². The van der Waals surface area contributed by atoms with Gasteiger partial charge in [-0.15, -0.1) is 0 Å². The number of ether oxygens (including phenoxy) is 1. The van der Waals surface area contributed by atoms with E-state index in [1.165, 1.54) is 6.42 Å². The summed E-state index contributed by atoms with van der Waals surface area (Å²) in [6.07, 6.45) is 14.5. The molecule has 14 heteroatoms. The summed E-state index contributed by atoms with van der Waals surface area (Å²) in [4.78, 5) is 24.6. The van der Waals surface area contributed by atoms with Crippen LogP contribution in [0.25, 0.3) is 0 Å². The molecule has 0 bridgehead atoms. The molecule has 0 radical (unpaired) electrons. The van der Waals surface area contributed by atoms with E-state index < -0.39 is 42.7 Å². The van der Waals surface area contributed by atoms with Gasteiger partial charge in [-0.2, -0.15) is 16.8 Å². The molecule has 0 rings (SSSR count). The summed E-state index contributed by atoms with van der Waals surface area (Å²) in [5.74, 6) is -2.66. The molecule has 0 aromatic heterocycles. The third kappa shape index (κ3) is 23.9. The van der Waals surface area contributed by atoms with E-state index in [9.17, 15) is 31.0 Å². The number of carbonyl (C=O) groups excluding carboxylic acids is 2. The number of rotatable bonds is 23. The molecular formula is C25H51Na3O9S2. The van der Waals surface area contributed by atoms with Crippen LogP contribution < -0.4 is 88.7 Å². The van der Waals surface area contributed by atoms with Gasteiger partial charge in [0.25, 0.3) is 10.1 Å². The summed E-state index contributed by atoms with van der Waals surface area (Å²) in [7, 11) is -8.64. The summed E-state index contributed by atoms with van der Waals surface area (Å²) < 4.78 is 67.5. The molecule has 220 valence electrons. The van der Waals surface area contributed by atoms with Crippen molar-refractivity contribution in [2.24, 2.45) is 0 Å². The first-order valence-corrected chi connectivity index (χ1v) is 16.5. The minimum Gasteiger partial charge on any atom is -1.00 e. The number of esters is 1. The van der Waals surface area contributed by atoms with Crippen LogP contribution >= 0.6 is 0 Å². The Labute approximate surface area is 308 Å². The van der Waals surface area contributed by atoms with E-state index in [1.54, 1.807) is 0 Å². The Morgan fingerprint density at radius 3 is 1.28 bits per heavy atom. The van der Waals surface area contributed by atoms with Crippen molar-refractivity contribution in [2.75, 3.05) is 7.11 Å². The number of hydrogen-bond acceptors (Lipinski definition) is 8. The second kappa shape index (κ2) is 28.6. The summed E-state index contributed by atoms with van der Waals surface area (Å²) in [6.45, 7) is 4.26. The van der Waals surface area contributed by atoms with Crippen LogP contribution in [0.3, 0.4) is 0 Å². The third-order valence-electron chi connectivity index (χ3n) is 6.27. The molecule has 0 amide bonds. The first-order valence-electron chi connectivity index (χ1n) is 13.5. The monoisotopic (exact) mass is 628 g/mol. The van der Waals surface area contributed by atoms with Gasteiger partial charge in [0.1, 0.15) is 0 Å². The van der Waals surface area contributed by atoms with Crippen LogP contribution in [0.4, 0.5) is 0 Å². The summed E-state index contributed by atoms with van der Waals surface area (Å²) in [5, 5.41) is -3.76. The third-order valence-corrected chi connectivity index (χ3v) is 8.94. The van der Waals surface area contributed by atoms with Gasteiger partial charge >= 0.3 is 111 Å². The number of unbranched alkanes of at least 4 members (excludes halogenated alkanes) is 14. The number of methoxy groups -OCH3 is 1. The molecule has 0 fully saturated rings. The van der Waals surface area contributed by atoms with E-state index in [0.29, 0.717) is 25.7 Å². The second-order valence-electron chi connectivity index (χ2n) is 9.44. The van der Waals surface area contributed by atoms with E-state index in [2.05, 4.69) is 22.8 Å². The van der Waals surface area contributed by atoms with Gasteiger partial charge < -0.3 is 13.2 Å². The summed E-state index contributed by atoms with van der Waals surface area (Å²) in [5.41, 5.74) is 0. The minimum atomic E-state index is -4.88. The first-order chi connectivity index (χ1) is 17.0. The van der Waals surface area contributed by atoms with Gasteiger partial charge in [0.05, 0.1) is 7.11 Å². The summed E-state index contributed by atoms with van der Waals surface area (Å²) >= 11 is 0. The number of hydrogen-bond donors (Lipinski definition) is 1. The van der Waals surface area contributed by atoms with E-state index in [1.807, 2.05) is 0 Å². The van der Waals surface area contributed by atoms with Crippen LogP contribution in [0.15, 0.2) is 0 Å². The molecule has 9 nitrogen and oxygen atoms in total. The van der Waals surface area contributed by atoms with Crippen molar-refractivity contribution >= 4 is 32.2 Å². The van der Waals surface area contributed by atoms with Crippen LogP contribution in [0.1, 0.15) is 134 Å². The van der Waals surface area contributed by atoms with Crippen molar-refractivity contribution in [3.63, 3.8) is 0 Å². The van der Waals surface area contributed by atoms with Crippen LogP contribution in [-0.4, -0.2) is 50.9 Å². The van der Waals surface area contributed by atoms with Gasteiger partial charge in [-0.3, -0.25) is 9.35 Å². The predicted molar refractivity (Wildman–Crippen MR) is 144 cm³/mol. The maximum atomic E-state index is 12.7. The topological polar surface area (TPSA) is 141 Å². The molecule has 0 aliphatic rings. The fourth-order valence-corrected chi connectivity index (χ4v) is 6.12. The molecule has 0 spiro atoms. The summed E-state index contributed by atoms with van der Waals surface area (Å²) in [6, 6.07) is 0. The van der Waals surface area contributed by atoms with Gasteiger partial charge in [-0.25, -0.2) is 4.79 Å². The van der Waals surface area contributed by atoms with Crippen molar-refractivity contribution in [1.82, 2.24) is 0 Å². The Morgan fingerprint density at radius 1 is 0.615 bits per heavy atom. The van der Waals surface area contributed by atoms with Crippen molar-refractivity contribution in [2.45, 2.75) is 140 Å². The molecule has 2 atom stereocenters. The fourth-order valence-electron chi connectivity index (χ4n) is 4.05. The molecular weight excluding hydrogens is 577 g/mol. The first kappa shape index (κ1) is 47.7. The zero-order valence-electron chi connectivity index (χ0n) is 28.4. The van der Waals surface area contributed by atoms with E-state index in [-0.39, 0.29) is 106 Å². The van der Waals surface area contributed by atoms with Gasteiger partial charge in [0.15, 0.2) is 10.5 Å². The standard InChI is InChI=1S/C25H48O9S2.3Na.3H/c1-4-6-8-10-12-14-16-18-20-22(35(28,29)30)25(27)34-36(31,32)23(24(26)33-3)21-19-17-15-13-11-9-7-5-2;;;;;;/h22-23H,4-21H2,1-3H3,(H,28,29,30);;;;;;/q;3*+1;3*-1. The van der Waals surface area contributed by atoms with E-state index in [0.717, 1.165) is 77.7 Å². The predicted octanol–water partition coefficient (Wildman–Crippen LogP) is -2.93. The molecule has 0 aromatic carbocycles. The van der Waals surface area contributed by atoms with Gasteiger partial charge in [-0.05, 0) is 12.8 Å². The van der Waals surface area contributed by atoms with E-state index in [4.69, 9.17) is 0 Å². The minimum absolute atomic E-state index is 0. The Bertz CT molecular complexity index is 838. The molecule has 0 saturated heterocycles. The molecule has 1 N–H and O–H groups in total. The Balaban J connectivity index is -0.000000408. The largest absolute Gasteiger partial charge is 1.00 e. The van der Waals surface area contributed by atoms with Gasteiger partial charge in [-0.1, -0.05) is 117 Å². The average molecular weight is 629 g/mol. The Kier molecular flexibility index (Phi) is 35.0. The molecule has 0 aliphatic carbocycles. The zero-order valence-corrected chi connectivity index (χ0v) is 33.0. The van der Waals surface area contributed by atoms with Gasteiger partial charge in [0.2, 0.25) is 0 Å². The maximum Gasteiger partial charge on any atom is 1.00 e. The zero-order chi connectivity index (χ0) is 27.5. The smallest absolute Gasteiger partial charge is 1.00 e. The van der Waals surface area contributed by atoms with Crippen LogP contribution in [0, 0.1) is 0 Å². The molecule has 0 aromatic rings. The van der Waals surface area contributed by atoms with Crippen LogP contribution in [-0.2, 0) is 38.7 Å². The quantitative estimate of drug-likeness (QED) is 0.0414. The fraction of sp³-hybridized carbons (Fsp3) is 0.920. The maximum absolute atomic E-state index is 12.7. The molecule has 39 heavy (non-hydrogen) atoms. The van der Waals surface area contributed by atoms with Crippen LogP contribution in [0.2, 0.25) is 0 Å². The normalized spacial score (nSPS) is 12.7. The molecule has 0 saturated carbocycles. The molecule has 2 unspecified atom stereocenters. The van der Waals surface area contributed by atoms with Crippen molar-refractivity contribution in [3.05, 3.63) is 0 Å². The Hall–Kier alpha value is 1.80. The van der Waals surface area contributed by atoms with Crippen LogP contribution in [0.5, 0.6) is 0 Å². The molecule has 0 heterocycles. The van der Waals surface area contributed by atoms with Crippen molar-refractivity contribution in [1.29, 1.82) is 0 Å². The average Bonchev–Trinajstić information content (AvgIpc) is 2.80. The van der Waals surface area contributed by atoms with Gasteiger partial charge in [0, 0.05) is 0 Å². The van der Waals surface area contributed by atoms with Crippen molar-refractivity contribution in [3.8, 4) is 0 Å². The number of carbonyl (C=O) groups is 2. The second-order valence-corrected chi connectivity index (χ2v) is 12.8. The SMILES string of the molecule is CCCCCCCCCCC(C(=O)OS(=O)(=O)C(CCCCCCCCCC)C(=O)OC)S(=O)(=O)O.[H-].[H-].[H-].[Na+].[Na+].[Na+]. The Morgan fingerprint density at radius 2 is 0.949 bits per heavy atom.